The highest BCUT2D eigenvalue weighted by Crippen LogP contribution is 2.47. The van der Waals surface area contributed by atoms with E-state index >= 15 is 0 Å². The fourth-order valence-corrected chi connectivity index (χ4v) is 3.94. The number of rotatable bonds is 1. The minimum Gasteiger partial charge on any atom is -0.281 e. The van der Waals surface area contributed by atoms with Crippen LogP contribution in [0.4, 0.5) is 0 Å². The highest BCUT2D eigenvalue weighted by Gasteiger charge is 2.32. The number of aliphatic imine (C=N–C) groups is 1. The van der Waals surface area contributed by atoms with Gasteiger partial charge in [0.15, 0.2) is 0 Å². The van der Waals surface area contributed by atoms with Crippen LogP contribution in [0.2, 0.25) is 0 Å². The molecule has 4 rings (SSSR count). The van der Waals surface area contributed by atoms with Crippen LogP contribution in [-0.4, -0.2) is 17.3 Å². The predicted octanol–water partition coefficient (Wildman–Crippen LogP) is 3.94. The Hall–Kier alpha value is -1.54. The van der Waals surface area contributed by atoms with Gasteiger partial charge in [-0.05, 0) is 22.3 Å². The van der Waals surface area contributed by atoms with E-state index in [1.807, 2.05) is 11.8 Å². The van der Waals surface area contributed by atoms with Crippen molar-refractivity contribution in [3.05, 3.63) is 59.7 Å². The summed E-state index contributed by atoms with van der Waals surface area (Å²) in [7, 11) is 0. The lowest BCUT2D eigenvalue weighted by atomic mass is 9.98. The summed E-state index contributed by atoms with van der Waals surface area (Å²) in [5, 5.41) is 1.30. The van der Waals surface area contributed by atoms with Gasteiger partial charge < -0.3 is 0 Å². The maximum atomic E-state index is 4.70. The Morgan fingerprint density at radius 1 is 0.889 bits per heavy atom. The molecule has 2 aliphatic rings. The summed E-state index contributed by atoms with van der Waals surface area (Å²) >= 11 is 1.92. The molecule has 0 saturated heterocycles. The first kappa shape index (κ1) is 10.4. The molecule has 0 N–H and O–H groups in total. The van der Waals surface area contributed by atoms with Crippen molar-refractivity contribution in [2.45, 2.75) is 5.92 Å². The van der Waals surface area contributed by atoms with E-state index in [0.717, 1.165) is 12.3 Å². The molecule has 2 aromatic rings. The molecular formula is C16H13NS. The Bertz CT molecular complexity index is 600. The largest absolute Gasteiger partial charge is 0.281 e. The smallest absolute Gasteiger partial charge is 0.0796 e. The third kappa shape index (κ3) is 1.39. The molecule has 0 fully saturated rings. The standard InChI is InChI=1S/C16H13NS/c1-3-7-13-11(5-1)12-6-2-4-8-14(12)15(13)16-17-9-10-18-16/h1-8,15H,9-10H2. The summed E-state index contributed by atoms with van der Waals surface area (Å²) in [6.07, 6.45) is 0. The van der Waals surface area contributed by atoms with Crippen LogP contribution in [0.3, 0.4) is 0 Å². The fraction of sp³-hybridized carbons (Fsp3) is 0.188. The molecule has 0 aromatic heterocycles. The highest BCUT2D eigenvalue weighted by atomic mass is 32.2. The minimum absolute atomic E-state index is 0.380. The second kappa shape index (κ2) is 3.99. The molecule has 88 valence electrons. The van der Waals surface area contributed by atoms with Crippen LogP contribution >= 0.6 is 11.8 Å². The number of hydrogen-bond donors (Lipinski definition) is 0. The Labute approximate surface area is 111 Å². The van der Waals surface area contributed by atoms with Gasteiger partial charge in [0.25, 0.3) is 0 Å². The van der Waals surface area contributed by atoms with E-state index in [-0.39, 0.29) is 0 Å². The lowest BCUT2D eigenvalue weighted by Crippen LogP contribution is -2.05. The van der Waals surface area contributed by atoms with E-state index in [1.54, 1.807) is 0 Å². The van der Waals surface area contributed by atoms with E-state index in [4.69, 9.17) is 4.99 Å². The van der Waals surface area contributed by atoms with Gasteiger partial charge in [0.1, 0.15) is 0 Å². The molecule has 0 atom stereocenters. The molecular weight excluding hydrogens is 238 g/mol. The minimum atomic E-state index is 0.380. The predicted molar refractivity (Wildman–Crippen MR) is 78.5 cm³/mol. The summed E-state index contributed by atoms with van der Waals surface area (Å²) in [5.74, 6) is 1.51. The van der Waals surface area contributed by atoms with Crippen molar-refractivity contribution >= 4 is 16.8 Å². The normalized spacial score (nSPS) is 17.4. The number of benzene rings is 2. The molecule has 1 nitrogen and oxygen atoms in total. The SMILES string of the molecule is c1ccc2c(c1)-c1ccccc1C2C1=NCCS1. The van der Waals surface area contributed by atoms with E-state index in [1.165, 1.54) is 27.3 Å². The highest BCUT2D eigenvalue weighted by molar-refractivity contribution is 8.14. The van der Waals surface area contributed by atoms with Crippen LogP contribution in [-0.2, 0) is 0 Å². The second-order valence-corrected chi connectivity index (χ2v) is 5.79. The van der Waals surface area contributed by atoms with Crippen LogP contribution in [0, 0.1) is 0 Å². The van der Waals surface area contributed by atoms with E-state index < -0.39 is 0 Å². The van der Waals surface area contributed by atoms with Gasteiger partial charge in [-0.2, -0.15) is 0 Å². The van der Waals surface area contributed by atoms with Crippen LogP contribution in [0.5, 0.6) is 0 Å². The van der Waals surface area contributed by atoms with Crippen LogP contribution in [0.15, 0.2) is 53.5 Å². The third-order valence-corrected chi connectivity index (χ3v) is 4.74. The summed E-state index contributed by atoms with van der Waals surface area (Å²) < 4.78 is 0. The average Bonchev–Trinajstić information content (AvgIpc) is 3.03. The maximum absolute atomic E-state index is 4.70. The summed E-state index contributed by atoms with van der Waals surface area (Å²) in [6.45, 7) is 0.973. The number of hydrogen-bond acceptors (Lipinski definition) is 2. The van der Waals surface area contributed by atoms with Crippen LogP contribution < -0.4 is 0 Å². The van der Waals surface area contributed by atoms with Gasteiger partial charge in [0, 0.05) is 12.3 Å². The zero-order chi connectivity index (χ0) is 11.9. The van der Waals surface area contributed by atoms with Crippen molar-refractivity contribution in [1.29, 1.82) is 0 Å². The molecule has 1 heterocycles. The van der Waals surface area contributed by atoms with Gasteiger partial charge in [-0.15, -0.1) is 11.8 Å². The molecule has 1 aliphatic heterocycles. The van der Waals surface area contributed by atoms with Gasteiger partial charge in [-0.25, -0.2) is 0 Å². The van der Waals surface area contributed by atoms with Gasteiger partial charge in [0.2, 0.25) is 0 Å². The molecule has 0 bridgehead atoms. The zero-order valence-electron chi connectivity index (χ0n) is 9.97. The average molecular weight is 251 g/mol. The summed E-state index contributed by atoms with van der Waals surface area (Å²) in [6, 6.07) is 17.5. The van der Waals surface area contributed by atoms with Crippen LogP contribution in [0.1, 0.15) is 17.0 Å². The summed E-state index contributed by atoms with van der Waals surface area (Å²) in [5.41, 5.74) is 5.61. The molecule has 0 saturated carbocycles. The van der Waals surface area contributed by atoms with Gasteiger partial charge >= 0.3 is 0 Å². The van der Waals surface area contributed by atoms with Crippen molar-refractivity contribution in [1.82, 2.24) is 0 Å². The van der Waals surface area contributed by atoms with E-state index in [9.17, 15) is 0 Å². The molecule has 0 amide bonds. The Kier molecular flexibility index (Phi) is 2.30. The Morgan fingerprint density at radius 2 is 1.50 bits per heavy atom. The molecule has 2 aromatic carbocycles. The Balaban J connectivity index is 1.98. The van der Waals surface area contributed by atoms with Crippen molar-refractivity contribution in [3.8, 4) is 11.1 Å². The molecule has 1 aliphatic carbocycles. The first-order valence-corrected chi connectivity index (χ1v) is 7.29. The lowest BCUT2D eigenvalue weighted by Gasteiger charge is -2.12. The first-order valence-electron chi connectivity index (χ1n) is 6.30. The second-order valence-electron chi connectivity index (χ2n) is 4.68. The van der Waals surface area contributed by atoms with Crippen molar-refractivity contribution in [3.63, 3.8) is 0 Å². The zero-order valence-corrected chi connectivity index (χ0v) is 10.8. The quantitative estimate of drug-likeness (QED) is 0.747. The summed E-state index contributed by atoms with van der Waals surface area (Å²) in [4.78, 5) is 4.70. The van der Waals surface area contributed by atoms with Gasteiger partial charge in [-0.1, -0.05) is 48.5 Å². The van der Waals surface area contributed by atoms with Crippen molar-refractivity contribution in [2.24, 2.45) is 4.99 Å². The Morgan fingerprint density at radius 3 is 2.06 bits per heavy atom. The van der Waals surface area contributed by atoms with Gasteiger partial charge in [-0.3, -0.25) is 4.99 Å². The third-order valence-electron chi connectivity index (χ3n) is 3.69. The molecule has 2 heteroatoms. The molecule has 0 radical (unpaired) electrons. The topological polar surface area (TPSA) is 12.4 Å². The number of fused-ring (bicyclic) bond motifs is 3. The maximum Gasteiger partial charge on any atom is 0.0796 e. The van der Waals surface area contributed by atoms with Crippen molar-refractivity contribution < 1.29 is 0 Å². The number of thioether (sulfide) groups is 1. The first-order chi connectivity index (χ1) is 8.95. The van der Waals surface area contributed by atoms with E-state index in [0.29, 0.717) is 5.92 Å². The molecule has 0 spiro atoms. The molecule has 18 heavy (non-hydrogen) atoms. The molecule has 0 unspecified atom stereocenters. The number of nitrogens with zero attached hydrogens (tertiary/aromatic N) is 1. The lowest BCUT2D eigenvalue weighted by molar-refractivity contribution is 1.11. The van der Waals surface area contributed by atoms with E-state index in [2.05, 4.69) is 48.5 Å². The fourth-order valence-electron chi connectivity index (χ4n) is 2.95. The van der Waals surface area contributed by atoms with Crippen molar-refractivity contribution in [2.75, 3.05) is 12.3 Å². The van der Waals surface area contributed by atoms with Crippen LogP contribution in [0.25, 0.3) is 11.1 Å². The monoisotopic (exact) mass is 251 g/mol. The van der Waals surface area contributed by atoms with Gasteiger partial charge in [0.05, 0.1) is 11.0 Å².